The predicted molar refractivity (Wildman–Crippen MR) is 82.4 cm³/mol. The quantitative estimate of drug-likeness (QED) is 0.387. The van der Waals surface area contributed by atoms with E-state index in [0.29, 0.717) is 17.0 Å². The molecule has 0 spiro atoms. The van der Waals surface area contributed by atoms with Gasteiger partial charge >= 0.3 is 0 Å². The monoisotopic (exact) mass is 308 g/mol. The van der Waals surface area contributed by atoms with Crippen LogP contribution < -0.4 is 5.43 Å². The highest BCUT2D eigenvalue weighted by atomic mass is 19.1. The molecule has 0 radical (unpaired) electrons. The van der Waals surface area contributed by atoms with Crippen molar-refractivity contribution in [1.82, 2.24) is 10.5 Å². The molecule has 0 fully saturated rings. The number of hydrazone groups is 1. The van der Waals surface area contributed by atoms with Crippen LogP contribution in [0.3, 0.4) is 0 Å². The van der Waals surface area contributed by atoms with Crippen molar-refractivity contribution in [2.75, 3.05) is 7.05 Å². The van der Waals surface area contributed by atoms with Gasteiger partial charge in [0.05, 0.1) is 0 Å². The van der Waals surface area contributed by atoms with Crippen molar-refractivity contribution in [1.29, 1.82) is 0 Å². The van der Waals surface area contributed by atoms with Crippen molar-refractivity contribution in [3.8, 4) is 0 Å². The predicted octanol–water partition coefficient (Wildman–Crippen LogP) is 1.92. The van der Waals surface area contributed by atoms with E-state index >= 15 is 0 Å². The van der Waals surface area contributed by atoms with Crippen LogP contribution in [0.15, 0.2) is 29.4 Å². The van der Waals surface area contributed by atoms with Gasteiger partial charge < -0.3 is 15.8 Å². The van der Waals surface area contributed by atoms with Gasteiger partial charge in [0.25, 0.3) is 5.66 Å². The minimum Gasteiger partial charge on any atom is -0.622 e. The molecule has 1 atom stereocenters. The first kappa shape index (κ1) is 16.4. The van der Waals surface area contributed by atoms with E-state index in [1.807, 2.05) is 0 Å². The second kappa shape index (κ2) is 5.33. The van der Waals surface area contributed by atoms with Crippen LogP contribution in [0.2, 0.25) is 0 Å². The van der Waals surface area contributed by atoms with E-state index in [9.17, 15) is 14.8 Å². The van der Waals surface area contributed by atoms with Crippen LogP contribution >= 0.6 is 0 Å². The number of benzene rings is 1. The van der Waals surface area contributed by atoms with Gasteiger partial charge in [0.2, 0.25) is 5.71 Å². The molecular formula is C15H21FN4O2. The van der Waals surface area contributed by atoms with Gasteiger partial charge in [-0.1, -0.05) is 0 Å². The summed E-state index contributed by atoms with van der Waals surface area (Å²) in [7, 11) is 1.62. The summed E-state index contributed by atoms with van der Waals surface area (Å²) in [6.45, 7) is 6.71. The average molecular weight is 308 g/mol. The number of rotatable bonds is 3. The van der Waals surface area contributed by atoms with E-state index in [1.165, 1.54) is 24.3 Å². The maximum Gasteiger partial charge on any atom is 0.289 e. The van der Waals surface area contributed by atoms with Crippen LogP contribution in [-0.2, 0) is 0 Å². The highest BCUT2D eigenvalue weighted by Gasteiger charge is 2.61. The van der Waals surface area contributed by atoms with Crippen LogP contribution in [0.4, 0.5) is 4.39 Å². The minimum atomic E-state index is -1.35. The molecule has 0 saturated heterocycles. The van der Waals surface area contributed by atoms with Crippen LogP contribution in [-0.4, -0.2) is 44.7 Å². The third kappa shape index (κ3) is 2.17. The van der Waals surface area contributed by atoms with Crippen LogP contribution in [0.1, 0.15) is 33.3 Å². The summed E-state index contributed by atoms with van der Waals surface area (Å²) in [4.78, 5) is 0. The highest BCUT2D eigenvalue weighted by Crippen LogP contribution is 2.36. The lowest BCUT2D eigenvalue weighted by atomic mass is 9.92. The molecular weight excluding hydrogens is 287 g/mol. The Kier molecular flexibility index (Phi) is 3.97. The number of halogens is 1. The smallest absolute Gasteiger partial charge is 0.289 e. The van der Waals surface area contributed by atoms with Crippen molar-refractivity contribution < 1.29 is 14.3 Å². The zero-order valence-corrected chi connectivity index (χ0v) is 13.4. The Morgan fingerprint density at radius 1 is 1.32 bits per heavy atom. The number of hydrogen-bond donors (Lipinski definition) is 2. The molecule has 0 aromatic heterocycles. The molecule has 0 amide bonds. The molecule has 6 nitrogen and oxygen atoms in total. The summed E-state index contributed by atoms with van der Waals surface area (Å²) in [6, 6.07) is 5.64. The van der Waals surface area contributed by atoms with E-state index in [0.717, 1.165) is 9.80 Å². The number of nitrogens with zero attached hydrogens (tertiary/aromatic N) is 3. The lowest BCUT2D eigenvalue weighted by molar-refractivity contribution is -0.560. The molecule has 2 rings (SSSR count). The molecule has 0 unspecified atom stereocenters. The van der Waals surface area contributed by atoms with E-state index in [4.69, 9.17) is 0 Å². The third-order valence-corrected chi connectivity index (χ3v) is 4.20. The Hall–Kier alpha value is -1.99. The van der Waals surface area contributed by atoms with Crippen LogP contribution in [0.5, 0.6) is 0 Å². The summed E-state index contributed by atoms with van der Waals surface area (Å²) >= 11 is 0. The summed E-state index contributed by atoms with van der Waals surface area (Å²) in [6.07, 6.45) is 0. The molecule has 0 bridgehead atoms. The van der Waals surface area contributed by atoms with Gasteiger partial charge in [-0.25, -0.2) is 4.39 Å². The van der Waals surface area contributed by atoms with Crippen LogP contribution in [0, 0.1) is 11.0 Å². The molecule has 2 N–H and O–H groups in total. The summed E-state index contributed by atoms with van der Waals surface area (Å²) < 4.78 is 13.9. The minimum absolute atomic E-state index is 0.350. The zero-order chi connectivity index (χ0) is 16.7. The molecule has 1 aliphatic rings. The molecule has 1 aromatic carbocycles. The fourth-order valence-electron chi connectivity index (χ4n) is 2.85. The van der Waals surface area contributed by atoms with Crippen LogP contribution in [0.25, 0.3) is 0 Å². The molecule has 120 valence electrons. The number of nitrogens with one attached hydrogen (secondary N) is 1. The van der Waals surface area contributed by atoms with Gasteiger partial charge in [-0.05, 0) is 45.0 Å². The largest absolute Gasteiger partial charge is 0.622 e. The van der Waals surface area contributed by atoms with Crippen molar-refractivity contribution in [3.05, 3.63) is 40.9 Å². The Morgan fingerprint density at radius 3 is 2.36 bits per heavy atom. The van der Waals surface area contributed by atoms with Gasteiger partial charge in [0.15, 0.2) is 0 Å². The van der Waals surface area contributed by atoms with Gasteiger partial charge in [0, 0.05) is 19.5 Å². The lowest BCUT2D eigenvalue weighted by Crippen LogP contribution is -2.57. The van der Waals surface area contributed by atoms with Gasteiger partial charge in [0.1, 0.15) is 17.1 Å². The lowest BCUT2D eigenvalue weighted by Gasteiger charge is -2.32. The summed E-state index contributed by atoms with van der Waals surface area (Å²) in [5, 5.41) is 28.6. The Morgan fingerprint density at radius 2 is 1.86 bits per heavy atom. The first-order chi connectivity index (χ1) is 10.2. The summed E-state index contributed by atoms with van der Waals surface area (Å²) in [5.41, 5.74) is 1.64. The highest BCUT2D eigenvalue weighted by molar-refractivity contribution is 6.06. The van der Waals surface area contributed by atoms with E-state index < -0.39 is 11.2 Å². The number of hydroxylamine groups is 3. The molecule has 1 aromatic rings. The molecule has 1 aliphatic heterocycles. The maximum atomic E-state index is 13.1. The molecule has 0 saturated carbocycles. The third-order valence-electron chi connectivity index (χ3n) is 4.20. The van der Waals surface area contributed by atoms with Crippen molar-refractivity contribution >= 4 is 11.4 Å². The second-order valence-corrected chi connectivity index (χ2v) is 5.96. The maximum absolute atomic E-state index is 13.1. The molecule has 1 heterocycles. The standard InChI is InChI=1S/C15H21FN4O2/c1-10(18-17-5)15(4)19(21)13(14(2,3)20(15)22)11-6-8-12(16)9-7-11/h6-9,17,22H,1-5H3/b18-10-/t15-/m0/s1. The van der Waals surface area contributed by atoms with Crippen molar-refractivity contribution in [2.24, 2.45) is 5.10 Å². The Bertz CT molecular complexity index is 639. The van der Waals surface area contributed by atoms with E-state index in [1.54, 1.807) is 34.7 Å². The normalized spacial score (nSPS) is 25.7. The van der Waals surface area contributed by atoms with Crippen molar-refractivity contribution in [2.45, 2.75) is 38.9 Å². The topological polar surface area (TPSA) is 73.9 Å². The number of hydrogen-bond acceptors (Lipinski definition) is 5. The molecule has 22 heavy (non-hydrogen) atoms. The first-order valence-electron chi connectivity index (χ1n) is 6.98. The SMILES string of the molecule is CN/N=C(/C)[C@]1(C)N(O)C(C)(C)C(c2ccc(F)cc2)=[N+]1[O-]. The Labute approximate surface area is 129 Å². The molecule has 0 aliphatic carbocycles. The second-order valence-electron chi connectivity index (χ2n) is 5.96. The zero-order valence-electron chi connectivity index (χ0n) is 13.4. The van der Waals surface area contributed by atoms with Gasteiger partial charge in [-0.2, -0.15) is 9.84 Å². The van der Waals surface area contributed by atoms with Gasteiger partial charge in [-0.3, -0.25) is 0 Å². The van der Waals surface area contributed by atoms with Crippen molar-refractivity contribution in [3.63, 3.8) is 0 Å². The van der Waals surface area contributed by atoms with Gasteiger partial charge in [-0.15, -0.1) is 5.06 Å². The fraction of sp³-hybridized carbons (Fsp3) is 0.467. The first-order valence-corrected chi connectivity index (χ1v) is 6.98. The van der Waals surface area contributed by atoms with E-state index in [2.05, 4.69) is 10.5 Å². The fourth-order valence-corrected chi connectivity index (χ4v) is 2.85. The molecule has 7 heteroatoms. The summed E-state index contributed by atoms with van der Waals surface area (Å²) in [5.74, 6) is -0.380. The Balaban J connectivity index is 2.67. The average Bonchev–Trinajstić information content (AvgIpc) is 2.60. The van der Waals surface area contributed by atoms with E-state index in [-0.39, 0.29) is 5.82 Å².